The van der Waals surface area contributed by atoms with E-state index >= 15 is 0 Å². The van der Waals surface area contributed by atoms with Gasteiger partial charge in [0.05, 0.1) is 12.8 Å². The van der Waals surface area contributed by atoms with Crippen LogP contribution in [-0.4, -0.2) is 12.2 Å². The highest BCUT2D eigenvalue weighted by atomic mass is 16.6. The normalized spacial score (nSPS) is 10.1. The summed E-state index contributed by atoms with van der Waals surface area (Å²) in [5.41, 5.74) is 9.49. The minimum absolute atomic E-state index is 0.108. The van der Waals surface area contributed by atoms with E-state index in [9.17, 15) is 0 Å². The summed E-state index contributed by atoms with van der Waals surface area (Å²) in [5, 5.41) is 9.09. The Hall–Kier alpha value is -1.26. The second-order valence-electron chi connectivity index (χ2n) is 2.42. The van der Waals surface area contributed by atoms with Crippen molar-refractivity contribution in [1.82, 2.24) is 5.48 Å². The Balaban J connectivity index is 2.69. The third-order valence-corrected chi connectivity index (χ3v) is 1.51. The van der Waals surface area contributed by atoms with Gasteiger partial charge in [-0.2, -0.15) is 5.48 Å². The Labute approximate surface area is 70.9 Å². The number of benzene rings is 1. The Morgan fingerprint density at radius 2 is 2.33 bits per heavy atom. The van der Waals surface area contributed by atoms with E-state index in [4.69, 9.17) is 10.8 Å². The average Bonchev–Trinajstić information content (AvgIpc) is 2.07. The maximum Gasteiger partial charge on any atom is 0.138 e. The molecule has 0 spiro atoms. The standard InChI is InChI=1S/C8H12N2O2/c1-12-10-5-6-2-3-8(11)7(9)4-6/h2-4,10-11H,5,9H2,1H3. The van der Waals surface area contributed by atoms with Crippen LogP contribution in [0, 0.1) is 0 Å². The topological polar surface area (TPSA) is 67.5 Å². The summed E-state index contributed by atoms with van der Waals surface area (Å²) < 4.78 is 0. The third-order valence-electron chi connectivity index (χ3n) is 1.51. The van der Waals surface area contributed by atoms with Gasteiger partial charge in [-0.05, 0) is 17.7 Å². The number of hydrogen-bond donors (Lipinski definition) is 3. The van der Waals surface area contributed by atoms with Crippen molar-refractivity contribution in [3.8, 4) is 5.75 Å². The molecule has 0 aliphatic rings. The van der Waals surface area contributed by atoms with E-state index in [1.165, 1.54) is 0 Å². The molecule has 0 aliphatic heterocycles. The number of hydrogen-bond acceptors (Lipinski definition) is 4. The number of nitrogen functional groups attached to an aromatic ring is 1. The predicted octanol–water partition coefficient (Wildman–Crippen LogP) is 0.625. The largest absolute Gasteiger partial charge is 0.506 e. The Bertz CT molecular complexity index is 263. The Morgan fingerprint density at radius 3 is 2.92 bits per heavy atom. The number of nitrogens with one attached hydrogen (secondary N) is 1. The van der Waals surface area contributed by atoms with Crippen molar-refractivity contribution in [2.24, 2.45) is 0 Å². The summed E-state index contributed by atoms with van der Waals surface area (Å²) in [7, 11) is 1.55. The number of phenolic OH excluding ortho intramolecular Hbond substituents is 1. The quantitative estimate of drug-likeness (QED) is 0.352. The molecular weight excluding hydrogens is 156 g/mol. The van der Waals surface area contributed by atoms with E-state index in [0.29, 0.717) is 12.2 Å². The first-order valence-electron chi connectivity index (χ1n) is 3.57. The van der Waals surface area contributed by atoms with Crippen molar-refractivity contribution in [2.75, 3.05) is 12.8 Å². The molecule has 0 aliphatic carbocycles. The fourth-order valence-corrected chi connectivity index (χ4v) is 0.869. The SMILES string of the molecule is CONCc1ccc(O)c(N)c1. The lowest BCUT2D eigenvalue weighted by Gasteiger charge is -2.03. The summed E-state index contributed by atoms with van der Waals surface area (Å²) in [4.78, 5) is 4.66. The highest BCUT2D eigenvalue weighted by molar-refractivity contribution is 5.53. The van der Waals surface area contributed by atoms with E-state index in [1.807, 2.05) is 0 Å². The van der Waals surface area contributed by atoms with Crippen LogP contribution in [0.4, 0.5) is 5.69 Å². The summed E-state index contributed by atoms with van der Waals surface area (Å²) >= 11 is 0. The van der Waals surface area contributed by atoms with Crippen molar-refractivity contribution < 1.29 is 9.94 Å². The number of rotatable bonds is 3. The summed E-state index contributed by atoms with van der Waals surface area (Å²) in [5.74, 6) is 0.108. The lowest BCUT2D eigenvalue weighted by molar-refractivity contribution is 0.0867. The van der Waals surface area contributed by atoms with Crippen LogP contribution >= 0.6 is 0 Å². The molecule has 0 saturated heterocycles. The molecule has 1 rings (SSSR count). The van der Waals surface area contributed by atoms with Gasteiger partial charge in [0, 0.05) is 6.54 Å². The molecule has 0 bridgehead atoms. The second-order valence-corrected chi connectivity index (χ2v) is 2.42. The van der Waals surface area contributed by atoms with Crippen LogP contribution in [0.5, 0.6) is 5.75 Å². The second kappa shape index (κ2) is 3.94. The van der Waals surface area contributed by atoms with Crippen LogP contribution in [0.2, 0.25) is 0 Å². The summed E-state index contributed by atoms with van der Waals surface area (Å²) in [6.07, 6.45) is 0. The zero-order valence-corrected chi connectivity index (χ0v) is 6.87. The minimum Gasteiger partial charge on any atom is -0.506 e. The molecule has 4 nitrogen and oxygen atoms in total. The van der Waals surface area contributed by atoms with Gasteiger partial charge in [-0.3, -0.25) is 0 Å². The zero-order valence-electron chi connectivity index (χ0n) is 6.87. The van der Waals surface area contributed by atoms with Crippen molar-refractivity contribution in [3.05, 3.63) is 23.8 Å². The van der Waals surface area contributed by atoms with Gasteiger partial charge in [0.2, 0.25) is 0 Å². The number of anilines is 1. The minimum atomic E-state index is 0.108. The number of aromatic hydroxyl groups is 1. The molecule has 1 aromatic rings. The first-order chi connectivity index (χ1) is 5.74. The molecule has 4 N–H and O–H groups in total. The van der Waals surface area contributed by atoms with E-state index < -0.39 is 0 Å². The zero-order chi connectivity index (χ0) is 8.97. The lowest BCUT2D eigenvalue weighted by atomic mass is 10.2. The van der Waals surface area contributed by atoms with Crippen molar-refractivity contribution in [1.29, 1.82) is 0 Å². The number of hydroxylamine groups is 1. The van der Waals surface area contributed by atoms with Crippen molar-refractivity contribution in [3.63, 3.8) is 0 Å². The van der Waals surface area contributed by atoms with Crippen LogP contribution in [0.1, 0.15) is 5.56 Å². The van der Waals surface area contributed by atoms with Crippen LogP contribution in [0.15, 0.2) is 18.2 Å². The fraction of sp³-hybridized carbons (Fsp3) is 0.250. The maximum absolute atomic E-state index is 9.09. The smallest absolute Gasteiger partial charge is 0.138 e. The van der Waals surface area contributed by atoms with E-state index in [1.54, 1.807) is 25.3 Å². The molecule has 0 saturated carbocycles. The molecule has 0 radical (unpaired) electrons. The highest BCUT2D eigenvalue weighted by Gasteiger charge is 1.97. The molecule has 4 heteroatoms. The fourth-order valence-electron chi connectivity index (χ4n) is 0.869. The van der Waals surface area contributed by atoms with Gasteiger partial charge < -0.3 is 15.7 Å². The maximum atomic E-state index is 9.09. The number of nitrogens with two attached hydrogens (primary N) is 1. The van der Waals surface area contributed by atoms with Gasteiger partial charge in [-0.15, -0.1) is 0 Å². The van der Waals surface area contributed by atoms with Gasteiger partial charge in [0.15, 0.2) is 0 Å². The van der Waals surface area contributed by atoms with Gasteiger partial charge >= 0.3 is 0 Å². The molecular formula is C8H12N2O2. The van der Waals surface area contributed by atoms with Crippen LogP contribution in [0.25, 0.3) is 0 Å². The average molecular weight is 168 g/mol. The first-order valence-corrected chi connectivity index (χ1v) is 3.57. The summed E-state index contributed by atoms with van der Waals surface area (Å²) in [6, 6.07) is 5.03. The third kappa shape index (κ3) is 2.11. The molecule has 0 amide bonds. The molecule has 0 fully saturated rings. The molecule has 0 atom stereocenters. The summed E-state index contributed by atoms with van der Waals surface area (Å²) in [6.45, 7) is 0.570. The van der Waals surface area contributed by atoms with E-state index in [0.717, 1.165) is 5.56 Å². The van der Waals surface area contributed by atoms with Crippen molar-refractivity contribution in [2.45, 2.75) is 6.54 Å². The lowest BCUT2D eigenvalue weighted by Crippen LogP contribution is -2.10. The molecule has 0 unspecified atom stereocenters. The van der Waals surface area contributed by atoms with Gasteiger partial charge in [0.1, 0.15) is 5.75 Å². The van der Waals surface area contributed by atoms with Crippen LogP contribution < -0.4 is 11.2 Å². The molecule has 0 heterocycles. The van der Waals surface area contributed by atoms with Crippen LogP contribution in [-0.2, 0) is 11.4 Å². The molecule has 1 aromatic carbocycles. The van der Waals surface area contributed by atoms with E-state index in [2.05, 4.69) is 10.3 Å². The van der Waals surface area contributed by atoms with Gasteiger partial charge in [-0.1, -0.05) is 6.07 Å². The highest BCUT2D eigenvalue weighted by Crippen LogP contribution is 2.19. The molecule has 66 valence electrons. The predicted molar refractivity (Wildman–Crippen MR) is 46.4 cm³/mol. The Morgan fingerprint density at radius 1 is 1.58 bits per heavy atom. The van der Waals surface area contributed by atoms with Crippen LogP contribution in [0.3, 0.4) is 0 Å². The number of phenols is 1. The Kier molecular flexibility index (Phi) is 2.90. The van der Waals surface area contributed by atoms with Gasteiger partial charge in [0.25, 0.3) is 0 Å². The monoisotopic (exact) mass is 168 g/mol. The first kappa shape index (κ1) is 8.83. The van der Waals surface area contributed by atoms with Gasteiger partial charge in [-0.25, -0.2) is 0 Å². The van der Waals surface area contributed by atoms with Crippen molar-refractivity contribution >= 4 is 5.69 Å². The molecule has 0 aromatic heterocycles. The van der Waals surface area contributed by atoms with E-state index in [-0.39, 0.29) is 5.75 Å². The molecule has 12 heavy (non-hydrogen) atoms.